The molecular weight excluding hydrogens is 244 g/mol. The van der Waals surface area contributed by atoms with Crippen LogP contribution in [0.15, 0.2) is 12.1 Å². The van der Waals surface area contributed by atoms with Crippen molar-refractivity contribution in [2.45, 2.75) is 52.6 Å². The van der Waals surface area contributed by atoms with E-state index in [1.54, 1.807) is 0 Å². The molecule has 1 atom stereocenters. The van der Waals surface area contributed by atoms with Crippen molar-refractivity contribution in [3.8, 4) is 0 Å². The summed E-state index contributed by atoms with van der Waals surface area (Å²) in [5.74, 6) is 0.863. The summed E-state index contributed by atoms with van der Waals surface area (Å²) in [5, 5.41) is 3.68. The Morgan fingerprint density at radius 2 is 1.80 bits per heavy atom. The molecule has 1 N–H and O–H groups in total. The standard InChI is InChI=1S/C18H28N2/c1-13-8-15(3)17(9-14(13)2)11-19-10-16-6-7-20(12-16)18-4-5-18/h8-9,16,18-19H,4-7,10-12H2,1-3H3. The van der Waals surface area contributed by atoms with E-state index < -0.39 is 0 Å². The summed E-state index contributed by atoms with van der Waals surface area (Å²) >= 11 is 0. The first kappa shape index (κ1) is 14.1. The molecule has 0 aromatic heterocycles. The maximum atomic E-state index is 3.68. The monoisotopic (exact) mass is 272 g/mol. The molecule has 1 aliphatic heterocycles. The van der Waals surface area contributed by atoms with Crippen molar-refractivity contribution in [1.29, 1.82) is 0 Å². The predicted molar refractivity (Wildman–Crippen MR) is 85.1 cm³/mol. The number of nitrogens with zero attached hydrogens (tertiary/aromatic N) is 1. The third-order valence-electron chi connectivity index (χ3n) is 5.08. The molecule has 1 aromatic carbocycles. The van der Waals surface area contributed by atoms with Crippen LogP contribution in [0.5, 0.6) is 0 Å². The Balaban J connectivity index is 1.47. The highest BCUT2D eigenvalue weighted by Gasteiger charge is 2.33. The second-order valence-electron chi connectivity index (χ2n) is 6.87. The zero-order valence-electron chi connectivity index (χ0n) is 13.2. The summed E-state index contributed by atoms with van der Waals surface area (Å²) in [7, 11) is 0. The molecular formula is C18H28N2. The maximum Gasteiger partial charge on any atom is 0.0208 e. The Morgan fingerprint density at radius 1 is 1.05 bits per heavy atom. The van der Waals surface area contributed by atoms with E-state index in [1.807, 2.05) is 0 Å². The number of likely N-dealkylation sites (tertiary alicyclic amines) is 1. The van der Waals surface area contributed by atoms with Gasteiger partial charge >= 0.3 is 0 Å². The molecule has 2 fully saturated rings. The summed E-state index contributed by atoms with van der Waals surface area (Å²) in [4.78, 5) is 2.70. The van der Waals surface area contributed by atoms with Crippen LogP contribution in [-0.2, 0) is 6.54 Å². The van der Waals surface area contributed by atoms with Gasteiger partial charge in [-0.25, -0.2) is 0 Å². The molecule has 2 nitrogen and oxygen atoms in total. The number of nitrogens with one attached hydrogen (secondary N) is 1. The highest BCUT2D eigenvalue weighted by Crippen LogP contribution is 2.31. The molecule has 0 radical (unpaired) electrons. The lowest BCUT2D eigenvalue weighted by Crippen LogP contribution is -2.27. The van der Waals surface area contributed by atoms with Crippen molar-refractivity contribution in [3.05, 3.63) is 34.4 Å². The van der Waals surface area contributed by atoms with Crippen LogP contribution in [0.2, 0.25) is 0 Å². The van der Waals surface area contributed by atoms with Crippen LogP contribution in [0.1, 0.15) is 41.5 Å². The molecule has 1 aliphatic carbocycles. The Labute approximate surface area is 123 Å². The summed E-state index contributed by atoms with van der Waals surface area (Å²) in [6.45, 7) is 11.5. The number of rotatable bonds is 5. The van der Waals surface area contributed by atoms with Gasteiger partial charge in [-0.1, -0.05) is 12.1 Å². The van der Waals surface area contributed by atoms with Gasteiger partial charge in [-0.2, -0.15) is 0 Å². The molecule has 1 saturated carbocycles. The zero-order chi connectivity index (χ0) is 14.1. The molecule has 1 saturated heterocycles. The zero-order valence-corrected chi connectivity index (χ0v) is 13.2. The highest BCUT2D eigenvalue weighted by atomic mass is 15.2. The maximum absolute atomic E-state index is 3.68. The van der Waals surface area contributed by atoms with Gasteiger partial charge in [0.2, 0.25) is 0 Å². The molecule has 1 heterocycles. The smallest absolute Gasteiger partial charge is 0.0208 e. The van der Waals surface area contributed by atoms with E-state index in [9.17, 15) is 0 Å². The van der Waals surface area contributed by atoms with Crippen molar-refractivity contribution < 1.29 is 0 Å². The van der Waals surface area contributed by atoms with Gasteiger partial charge in [0, 0.05) is 19.1 Å². The van der Waals surface area contributed by atoms with Crippen LogP contribution in [0.25, 0.3) is 0 Å². The van der Waals surface area contributed by atoms with Crippen molar-refractivity contribution >= 4 is 0 Å². The second-order valence-corrected chi connectivity index (χ2v) is 6.87. The molecule has 1 unspecified atom stereocenters. The molecule has 1 aromatic rings. The summed E-state index contributed by atoms with van der Waals surface area (Å²) < 4.78 is 0. The van der Waals surface area contributed by atoms with Crippen LogP contribution in [0.4, 0.5) is 0 Å². The fourth-order valence-corrected chi connectivity index (χ4v) is 3.42. The minimum atomic E-state index is 0.863. The molecule has 0 amide bonds. The Kier molecular flexibility index (Phi) is 4.13. The second kappa shape index (κ2) is 5.87. The third kappa shape index (κ3) is 3.24. The topological polar surface area (TPSA) is 15.3 Å². The fourth-order valence-electron chi connectivity index (χ4n) is 3.42. The third-order valence-corrected chi connectivity index (χ3v) is 5.08. The van der Waals surface area contributed by atoms with Gasteiger partial charge < -0.3 is 10.2 Å². The molecule has 2 heteroatoms. The summed E-state index contributed by atoms with van der Waals surface area (Å²) in [6.07, 6.45) is 4.28. The molecule has 2 aliphatic rings. The lowest BCUT2D eigenvalue weighted by molar-refractivity contribution is 0.312. The number of hydrogen-bond acceptors (Lipinski definition) is 2. The van der Waals surface area contributed by atoms with Gasteiger partial charge in [-0.3, -0.25) is 0 Å². The minimum absolute atomic E-state index is 0.863. The SMILES string of the molecule is Cc1cc(C)c(CNCC2CCN(C3CC3)C2)cc1C. The number of aryl methyl sites for hydroxylation is 3. The minimum Gasteiger partial charge on any atom is -0.312 e. The van der Waals surface area contributed by atoms with Crippen LogP contribution in [0.3, 0.4) is 0 Å². The van der Waals surface area contributed by atoms with Crippen LogP contribution in [0, 0.1) is 26.7 Å². The van der Waals surface area contributed by atoms with Crippen molar-refractivity contribution in [1.82, 2.24) is 10.2 Å². The largest absolute Gasteiger partial charge is 0.312 e. The Morgan fingerprint density at radius 3 is 2.55 bits per heavy atom. The molecule has 0 bridgehead atoms. The first-order valence-electron chi connectivity index (χ1n) is 8.15. The number of hydrogen-bond donors (Lipinski definition) is 1. The van der Waals surface area contributed by atoms with Crippen molar-refractivity contribution in [2.75, 3.05) is 19.6 Å². The van der Waals surface area contributed by atoms with E-state index in [0.29, 0.717) is 0 Å². The van der Waals surface area contributed by atoms with Gasteiger partial charge in [0.1, 0.15) is 0 Å². The van der Waals surface area contributed by atoms with Crippen LogP contribution in [-0.4, -0.2) is 30.6 Å². The normalized spacial score (nSPS) is 23.4. The van der Waals surface area contributed by atoms with E-state index >= 15 is 0 Å². The Bertz CT molecular complexity index is 477. The van der Waals surface area contributed by atoms with Gasteiger partial charge in [0.25, 0.3) is 0 Å². The highest BCUT2D eigenvalue weighted by molar-refractivity contribution is 5.36. The molecule has 20 heavy (non-hydrogen) atoms. The van der Waals surface area contributed by atoms with Crippen LogP contribution < -0.4 is 5.32 Å². The van der Waals surface area contributed by atoms with Crippen LogP contribution >= 0.6 is 0 Å². The molecule has 0 spiro atoms. The van der Waals surface area contributed by atoms with Gasteiger partial charge in [-0.05, 0) is 81.3 Å². The summed E-state index contributed by atoms with van der Waals surface area (Å²) in [5.41, 5.74) is 5.70. The quantitative estimate of drug-likeness (QED) is 0.885. The van der Waals surface area contributed by atoms with E-state index in [-0.39, 0.29) is 0 Å². The lowest BCUT2D eigenvalue weighted by Gasteiger charge is -2.16. The van der Waals surface area contributed by atoms with E-state index in [4.69, 9.17) is 0 Å². The van der Waals surface area contributed by atoms with E-state index in [2.05, 4.69) is 43.1 Å². The Hall–Kier alpha value is -0.860. The fraction of sp³-hybridized carbons (Fsp3) is 0.667. The van der Waals surface area contributed by atoms with Crippen molar-refractivity contribution in [2.24, 2.45) is 5.92 Å². The average molecular weight is 272 g/mol. The first-order chi connectivity index (χ1) is 9.63. The summed E-state index contributed by atoms with van der Waals surface area (Å²) in [6, 6.07) is 5.61. The lowest BCUT2D eigenvalue weighted by atomic mass is 10.0. The first-order valence-corrected chi connectivity index (χ1v) is 8.15. The predicted octanol–water partition coefficient (Wildman–Crippen LogP) is 3.19. The van der Waals surface area contributed by atoms with E-state index in [0.717, 1.165) is 18.5 Å². The van der Waals surface area contributed by atoms with E-state index in [1.165, 1.54) is 61.2 Å². The molecule has 110 valence electrons. The molecule has 3 rings (SSSR count). The van der Waals surface area contributed by atoms with Gasteiger partial charge in [0.15, 0.2) is 0 Å². The van der Waals surface area contributed by atoms with Gasteiger partial charge in [0.05, 0.1) is 0 Å². The van der Waals surface area contributed by atoms with Gasteiger partial charge in [-0.15, -0.1) is 0 Å². The van der Waals surface area contributed by atoms with Crippen molar-refractivity contribution in [3.63, 3.8) is 0 Å². The number of benzene rings is 1. The average Bonchev–Trinajstić information content (AvgIpc) is 3.16.